The van der Waals surface area contributed by atoms with E-state index in [1.807, 2.05) is 12.1 Å². The Bertz CT molecular complexity index is 1400. The largest absolute Gasteiger partial charge is 0.338 e. The zero-order chi connectivity index (χ0) is 32.0. The number of aryl methyl sites for hydroxylation is 4. The van der Waals surface area contributed by atoms with E-state index in [1.165, 1.54) is 97.6 Å². The Balaban J connectivity index is 1.32. The van der Waals surface area contributed by atoms with E-state index < -0.39 is 0 Å². The predicted molar refractivity (Wildman–Crippen MR) is 194 cm³/mol. The van der Waals surface area contributed by atoms with Crippen LogP contribution >= 0.6 is 15.9 Å². The molecule has 242 valence electrons. The number of hydrogen-bond acceptors (Lipinski definition) is 1. The molecular weight excluding hydrogens is 614 g/mol. The molecule has 0 saturated heterocycles. The zero-order valence-electron chi connectivity index (χ0n) is 28.6. The average Bonchev–Trinajstić information content (AvgIpc) is 3.44. The van der Waals surface area contributed by atoms with Gasteiger partial charge in [0, 0.05) is 17.6 Å². The molecule has 3 aromatic carbocycles. The van der Waals surface area contributed by atoms with Gasteiger partial charge >= 0.3 is 0 Å². The van der Waals surface area contributed by atoms with Crippen LogP contribution in [0.2, 0.25) is 0 Å². The number of halogens is 1. The van der Waals surface area contributed by atoms with Crippen LogP contribution in [0.25, 0.3) is 0 Å². The molecule has 1 amide bonds. The third-order valence-corrected chi connectivity index (χ3v) is 11.7. The van der Waals surface area contributed by atoms with Crippen LogP contribution in [0.3, 0.4) is 0 Å². The minimum Gasteiger partial charge on any atom is -0.338 e. The molecule has 4 atom stereocenters. The van der Waals surface area contributed by atoms with Crippen molar-refractivity contribution < 1.29 is 4.79 Å². The highest BCUT2D eigenvalue weighted by molar-refractivity contribution is 9.10. The summed E-state index contributed by atoms with van der Waals surface area (Å²) in [5.41, 5.74) is 9.48. The SMILES string of the molecule is Cc1cc(C)cc(CN(CCCCC2(Cc3cc(C)cc(C)c3)CCC3CCC(CCC2C)C3)C(=O)Cc2cccc(Br)c2)c1. The normalized spacial score (nSPS) is 23.3. The van der Waals surface area contributed by atoms with Crippen LogP contribution in [-0.4, -0.2) is 17.4 Å². The van der Waals surface area contributed by atoms with Gasteiger partial charge in [-0.05, 0) is 125 Å². The van der Waals surface area contributed by atoms with Crippen LogP contribution < -0.4 is 0 Å². The summed E-state index contributed by atoms with van der Waals surface area (Å²) >= 11 is 3.59. The third-order valence-electron chi connectivity index (χ3n) is 11.2. The lowest BCUT2D eigenvalue weighted by molar-refractivity contribution is -0.131. The molecule has 2 nitrogen and oxygen atoms in total. The van der Waals surface area contributed by atoms with Crippen molar-refractivity contribution in [1.82, 2.24) is 4.90 Å². The molecule has 2 aliphatic rings. The second-order valence-electron chi connectivity index (χ2n) is 15.2. The minimum atomic E-state index is 0.226. The molecule has 3 aromatic rings. The summed E-state index contributed by atoms with van der Waals surface area (Å²) in [6.45, 7) is 12.9. The Morgan fingerprint density at radius 1 is 0.778 bits per heavy atom. The van der Waals surface area contributed by atoms with Crippen LogP contribution in [0.5, 0.6) is 0 Å². The number of benzene rings is 3. The lowest BCUT2D eigenvalue weighted by Crippen LogP contribution is -2.34. The molecule has 0 spiro atoms. The Morgan fingerprint density at radius 3 is 2.07 bits per heavy atom. The Kier molecular flexibility index (Phi) is 11.7. The summed E-state index contributed by atoms with van der Waals surface area (Å²) in [5, 5.41) is 0. The molecule has 4 unspecified atom stereocenters. The number of amides is 1. The number of unbranched alkanes of at least 4 members (excludes halogenated alkanes) is 1. The first-order chi connectivity index (χ1) is 21.6. The Morgan fingerprint density at radius 2 is 1.40 bits per heavy atom. The fourth-order valence-corrected chi connectivity index (χ4v) is 9.37. The lowest BCUT2D eigenvalue weighted by Gasteiger charge is -2.41. The molecule has 5 rings (SSSR count). The van der Waals surface area contributed by atoms with Gasteiger partial charge in [0.25, 0.3) is 0 Å². The number of rotatable bonds is 11. The number of fused-ring (bicyclic) bond motifs is 2. The van der Waals surface area contributed by atoms with Gasteiger partial charge in [0.2, 0.25) is 5.91 Å². The van der Waals surface area contributed by atoms with Crippen molar-refractivity contribution in [2.24, 2.45) is 23.2 Å². The molecule has 3 heteroatoms. The number of carbonyl (C=O) groups excluding carboxylic acids is 1. The molecule has 2 fully saturated rings. The molecule has 0 N–H and O–H groups in total. The minimum absolute atomic E-state index is 0.226. The van der Waals surface area contributed by atoms with Crippen LogP contribution in [0, 0.1) is 50.9 Å². The fraction of sp³-hybridized carbons (Fsp3) is 0.548. The number of hydrogen-bond donors (Lipinski definition) is 0. The molecule has 0 radical (unpaired) electrons. The van der Waals surface area contributed by atoms with Gasteiger partial charge in [0.05, 0.1) is 6.42 Å². The van der Waals surface area contributed by atoms with Crippen molar-refractivity contribution in [2.75, 3.05) is 6.54 Å². The highest BCUT2D eigenvalue weighted by atomic mass is 79.9. The summed E-state index contributed by atoms with van der Waals surface area (Å²) in [4.78, 5) is 16.0. The molecule has 0 heterocycles. The van der Waals surface area contributed by atoms with Gasteiger partial charge in [-0.25, -0.2) is 0 Å². The molecule has 0 aliphatic heterocycles. The maximum absolute atomic E-state index is 13.8. The number of carbonyl (C=O) groups is 1. The maximum Gasteiger partial charge on any atom is 0.227 e. The second-order valence-corrected chi connectivity index (χ2v) is 16.1. The molecule has 45 heavy (non-hydrogen) atoms. The van der Waals surface area contributed by atoms with Gasteiger partial charge in [-0.1, -0.05) is 119 Å². The molecule has 0 aromatic heterocycles. The third kappa shape index (κ3) is 9.57. The standard InChI is InChI=1S/C42H56BrNO/c1-30-19-31(2)22-38(21-30)28-42(17-15-36-14-13-35(25-36)12-11-34(42)5)16-6-7-18-44(29-39-23-32(3)20-33(4)24-39)41(45)27-37-9-8-10-40(43)26-37/h8-10,19-24,26,34-36H,6-7,11-18,25,27-29H2,1-5H3. The molecular formula is C42H56BrNO. The summed E-state index contributed by atoms with van der Waals surface area (Å²) in [6, 6.07) is 22.1. The van der Waals surface area contributed by atoms with Crippen molar-refractivity contribution in [1.29, 1.82) is 0 Å². The summed E-state index contributed by atoms with van der Waals surface area (Å²) in [7, 11) is 0. The Labute approximate surface area is 282 Å². The first kappa shape index (κ1) is 34.0. The monoisotopic (exact) mass is 669 g/mol. The quantitative estimate of drug-likeness (QED) is 0.186. The van der Waals surface area contributed by atoms with Gasteiger partial charge in [0.1, 0.15) is 0 Å². The van der Waals surface area contributed by atoms with Gasteiger partial charge in [-0.2, -0.15) is 0 Å². The highest BCUT2D eigenvalue weighted by Gasteiger charge is 2.39. The Hall–Kier alpha value is -2.39. The summed E-state index contributed by atoms with van der Waals surface area (Å²) in [5.74, 6) is 2.85. The van der Waals surface area contributed by atoms with E-state index in [4.69, 9.17) is 0 Å². The van der Waals surface area contributed by atoms with E-state index in [1.54, 1.807) is 0 Å². The van der Waals surface area contributed by atoms with E-state index in [-0.39, 0.29) is 5.91 Å². The van der Waals surface area contributed by atoms with Crippen molar-refractivity contribution in [3.05, 3.63) is 104 Å². The van der Waals surface area contributed by atoms with Gasteiger partial charge < -0.3 is 4.90 Å². The van der Waals surface area contributed by atoms with E-state index in [0.717, 1.165) is 40.8 Å². The van der Waals surface area contributed by atoms with Gasteiger partial charge in [-0.15, -0.1) is 0 Å². The van der Waals surface area contributed by atoms with Crippen molar-refractivity contribution in [3.63, 3.8) is 0 Å². The maximum atomic E-state index is 13.8. The second kappa shape index (κ2) is 15.5. The summed E-state index contributed by atoms with van der Waals surface area (Å²) < 4.78 is 1.03. The van der Waals surface area contributed by atoms with Crippen LogP contribution in [-0.2, 0) is 24.2 Å². The van der Waals surface area contributed by atoms with Gasteiger partial charge in [-0.3, -0.25) is 4.79 Å². The predicted octanol–water partition coefficient (Wildman–Crippen LogP) is 11.3. The van der Waals surface area contributed by atoms with E-state index >= 15 is 0 Å². The van der Waals surface area contributed by atoms with Crippen LogP contribution in [0.15, 0.2) is 65.1 Å². The lowest BCUT2D eigenvalue weighted by atomic mass is 9.64. The van der Waals surface area contributed by atoms with E-state index in [0.29, 0.717) is 18.4 Å². The first-order valence-electron chi connectivity index (χ1n) is 17.7. The average molecular weight is 671 g/mol. The van der Waals surface area contributed by atoms with Crippen molar-refractivity contribution >= 4 is 21.8 Å². The number of nitrogens with zero attached hydrogens (tertiary/aromatic N) is 1. The van der Waals surface area contributed by atoms with Crippen LogP contribution in [0.1, 0.15) is 110 Å². The van der Waals surface area contributed by atoms with E-state index in [9.17, 15) is 4.79 Å². The highest BCUT2D eigenvalue weighted by Crippen LogP contribution is 2.49. The molecule has 2 bridgehead atoms. The van der Waals surface area contributed by atoms with Crippen molar-refractivity contribution in [2.45, 2.75) is 118 Å². The van der Waals surface area contributed by atoms with Crippen LogP contribution in [0.4, 0.5) is 0 Å². The first-order valence-corrected chi connectivity index (χ1v) is 18.5. The van der Waals surface area contributed by atoms with Gasteiger partial charge in [0.15, 0.2) is 0 Å². The topological polar surface area (TPSA) is 20.3 Å². The molecule has 2 saturated carbocycles. The smallest absolute Gasteiger partial charge is 0.227 e. The van der Waals surface area contributed by atoms with E-state index in [2.05, 4.69) is 104 Å². The fourth-order valence-electron chi connectivity index (χ4n) is 8.92. The summed E-state index contributed by atoms with van der Waals surface area (Å²) in [6.07, 6.45) is 15.1. The zero-order valence-corrected chi connectivity index (χ0v) is 30.2. The molecule has 2 aliphatic carbocycles. The van der Waals surface area contributed by atoms with Crippen molar-refractivity contribution in [3.8, 4) is 0 Å².